The van der Waals surface area contributed by atoms with E-state index in [9.17, 15) is 10.1 Å². The molecule has 1 heterocycles. The molecule has 0 radical (unpaired) electrons. The van der Waals surface area contributed by atoms with Crippen LogP contribution in [0.1, 0.15) is 22.4 Å². The molecule has 10 heteroatoms. The maximum atomic E-state index is 11.3. The molecule has 0 unspecified atom stereocenters. The summed E-state index contributed by atoms with van der Waals surface area (Å²) >= 11 is 3.44. The molecule has 0 fully saturated rings. The molecule has 1 aromatic heterocycles. The number of esters is 1. The molecule has 1 aromatic carbocycles. The fourth-order valence-electron chi connectivity index (χ4n) is 2.50. The van der Waals surface area contributed by atoms with Gasteiger partial charge in [0.15, 0.2) is 23.9 Å². The number of carbonyl (C=O) groups is 1. The van der Waals surface area contributed by atoms with Crippen LogP contribution in [0.2, 0.25) is 0 Å². The molecule has 0 aliphatic carbocycles. The monoisotopic (exact) mass is 476 g/mol. The first kappa shape index (κ1) is 23.1. The molecule has 0 amide bonds. The minimum Gasteiger partial charge on any atom is -0.493 e. The van der Waals surface area contributed by atoms with Crippen LogP contribution in [-0.2, 0) is 20.9 Å². The van der Waals surface area contributed by atoms with Gasteiger partial charge >= 0.3 is 5.97 Å². The van der Waals surface area contributed by atoms with Crippen LogP contribution in [0.5, 0.6) is 11.5 Å². The molecule has 0 saturated carbocycles. The van der Waals surface area contributed by atoms with E-state index in [2.05, 4.69) is 42.2 Å². The second-order valence-electron chi connectivity index (χ2n) is 5.95. The molecule has 0 atom stereocenters. The number of benzene rings is 1. The van der Waals surface area contributed by atoms with Crippen LogP contribution in [0.3, 0.4) is 0 Å². The van der Waals surface area contributed by atoms with Gasteiger partial charge in [-0.15, -0.1) is 0 Å². The van der Waals surface area contributed by atoms with Gasteiger partial charge in [-0.1, -0.05) is 0 Å². The fraction of sp³-hybridized carbons (Fsp3) is 0.300. The molecule has 2 aromatic rings. The number of anilines is 1. The van der Waals surface area contributed by atoms with Gasteiger partial charge in [0.05, 0.1) is 27.0 Å². The highest BCUT2D eigenvalue weighted by molar-refractivity contribution is 9.10. The van der Waals surface area contributed by atoms with Crippen LogP contribution in [0, 0.1) is 18.3 Å². The fourth-order valence-corrected chi connectivity index (χ4v) is 2.92. The summed E-state index contributed by atoms with van der Waals surface area (Å²) in [5.74, 6) is 0.616. The lowest BCUT2D eigenvalue weighted by Crippen LogP contribution is -2.13. The first-order chi connectivity index (χ1) is 14.4. The third kappa shape index (κ3) is 5.92. The van der Waals surface area contributed by atoms with Gasteiger partial charge in [-0.25, -0.2) is 9.78 Å². The Morgan fingerprint density at radius 2 is 2.07 bits per heavy atom. The van der Waals surface area contributed by atoms with E-state index in [1.165, 1.54) is 20.4 Å². The van der Waals surface area contributed by atoms with E-state index < -0.39 is 5.97 Å². The topological polar surface area (TPSA) is 115 Å². The van der Waals surface area contributed by atoms with Gasteiger partial charge in [0.1, 0.15) is 11.6 Å². The third-order valence-corrected chi connectivity index (χ3v) is 4.56. The van der Waals surface area contributed by atoms with Crippen molar-refractivity contribution in [3.8, 4) is 17.6 Å². The second-order valence-corrected chi connectivity index (χ2v) is 6.80. The first-order valence-electron chi connectivity index (χ1n) is 8.69. The van der Waals surface area contributed by atoms with Crippen molar-refractivity contribution in [2.45, 2.75) is 13.5 Å². The number of rotatable bonds is 9. The average molecular weight is 477 g/mol. The molecule has 2 rings (SSSR count). The van der Waals surface area contributed by atoms with Crippen LogP contribution in [-0.4, -0.2) is 45.1 Å². The number of carbonyl (C=O) groups excluding carboxylic acids is 1. The van der Waals surface area contributed by atoms with Crippen molar-refractivity contribution in [2.24, 2.45) is 5.10 Å². The molecule has 30 heavy (non-hydrogen) atoms. The maximum Gasteiger partial charge on any atom is 0.343 e. The highest BCUT2D eigenvalue weighted by Gasteiger charge is 2.13. The normalized spacial score (nSPS) is 10.5. The minimum atomic E-state index is -0.505. The van der Waals surface area contributed by atoms with Gasteiger partial charge in [-0.05, 0) is 41.1 Å². The number of nitrogens with zero attached hydrogens (tertiary/aromatic N) is 3. The van der Waals surface area contributed by atoms with E-state index >= 15 is 0 Å². The number of nitrogens with one attached hydrogen (secondary N) is 1. The van der Waals surface area contributed by atoms with E-state index in [4.69, 9.17) is 14.2 Å². The standard InChI is InChI=1S/C20H21BrN4O5/c1-12-5-14(10-27-2)15(8-22)20(24-12)25-23-9-13-6-17(28-3)18(7-16(13)21)30-11-19(26)29-4/h5-7,9H,10-11H2,1-4H3,(H,24,25)/b23-9-. The Balaban J connectivity index is 2.24. The summed E-state index contributed by atoms with van der Waals surface area (Å²) in [6.45, 7) is 1.87. The van der Waals surface area contributed by atoms with Gasteiger partial charge in [-0.2, -0.15) is 10.4 Å². The van der Waals surface area contributed by atoms with Crippen molar-refractivity contribution in [1.29, 1.82) is 5.26 Å². The Morgan fingerprint density at radius 3 is 2.70 bits per heavy atom. The molecule has 0 aliphatic rings. The summed E-state index contributed by atoms with van der Waals surface area (Å²) < 4.78 is 21.1. The zero-order valence-electron chi connectivity index (χ0n) is 17.0. The van der Waals surface area contributed by atoms with Gasteiger partial charge in [-0.3, -0.25) is 5.43 Å². The molecule has 0 spiro atoms. The maximum absolute atomic E-state index is 11.3. The highest BCUT2D eigenvalue weighted by atomic mass is 79.9. The zero-order valence-corrected chi connectivity index (χ0v) is 18.6. The molecule has 158 valence electrons. The van der Waals surface area contributed by atoms with Crippen LogP contribution in [0.4, 0.5) is 5.82 Å². The molecule has 9 nitrogen and oxygen atoms in total. The molecular formula is C20H21BrN4O5. The number of hydrogen-bond acceptors (Lipinski definition) is 9. The smallest absolute Gasteiger partial charge is 0.343 e. The predicted molar refractivity (Wildman–Crippen MR) is 114 cm³/mol. The molecule has 0 saturated heterocycles. The third-order valence-electron chi connectivity index (χ3n) is 3.87. The van der Waals surface area contributed by atoms with Crippen molar-refractivity contribution < 1.29 is 23.7 Å². The summed E-state index contributed by atoms with van der Waals surface area (Å²) in [7, 11) is 4.33. The zero-order chi connectivity index (χ0) is 22.1. The number of pyridine rings is 1. The van der Waals surface area contributed by atoms with Gasteiger partial charge in [0.25, 0.3) is 0 Å². The lowest BCUT2D eigenvalue weighted by molar-refractivity contribution is -0.142. The predicted octanol–water partition coefficient (Wildman–Crippen LogP) is 3.18. The number of nitriles is 1. The Kier molecular flexibility index (Phi) is 8.58. The highest BCUT2D eigenvalue weighted by Crippen LogP contribution is 2.33. The molecule has 1 N–H and O–H groups in total. The van der Waals surface area contributed by atoms with E-state index in [1.54, 1.807) is 25.3 Å². The second kappa shape index (κ2) is 11.1. The van der Waals surface area contributed by atoms with Crippen molar-refractivity contribution in [3.63, 3.8) is 0 Å². The van der Waals surface area contributed by atoms with Crippen molar-refractivity contribution in [3.05, 3.63) is 45.1 Å². The van der Waals surface area contributed by atoms with E-state index in [0.29, 0.717) is 39.5 Å². The summed E-state index contributed by atoms with van der Waals surface area (Å²) in [4.78, 5) is 15.6. The van der Waals surface area contributed by atoms with E-state index in [1.807, 2.05) is 6.92 Å². The quantitative estimate of drug-likeness (QED) is 0.333. The Hall–Kier alpha value is -3.16. The number of aryl methyl sites for hydroxylation is 1. The van der Waals surface area contributed by atoms with Gasteiger partial charge < -0.3 is 18.9 Å². The number of ether oxygens (including phenoxy) is 4. The van der Waals surface area contributed by atoms with Crippen molar-refractivity contribution >= 4 is 33.9 Å². The number of methoxy groups -OCH3 is 3. The lowest BCUT2D eigenvalue weighted by Gasteiger charge is -2.12. The van der Waals surface area contributed by atoms with Crippen molar-refractivity contribution in [2.75, 3.05) is 33.4 Å². The SMILES string of the molecule is COCc1cc(C)nc(N/N=C\c2cc(OC)c(OCC(=O)OC)cc2Br)c1C#N. The summed E-state index contributed by atoms with van der Waals surface area (Å²) in [6, 6.07) is 7.27. The number of halogens is 1. The van der Waals surface area contributed by atoms with Gasteiger partial charge in [0.2, 0.25) is 0 Å². The average Bonchev–Trinajstić information content (AvgIpc) is 2.73. The summed E-state index contributed by atoms with van der Waals surface area (Å²) in [5.41, 5.74) is 5.30. The lowest BCUT2D eigenvalue weighted by atomic mass is 10.1. The minimum absolute atomic E-state index is 0.242. The van der Waals surface area contributed by atoms with E-state index in [0.717, 1.165) is 11.3 Å². The number of hydrazone groups is 1. The Bertz CT molecular complexity index is 988. The van der Waals surface area contributed by atoms with Crippen LogP contribution >= 0.6 is 15.9 Å². The van der Waals surface area contributed by atoms with Crippen LogP contribution in [0.15, 0.2) is 27.8 Å². The molecular weight excluding hydrogens is 456 g/mol. The largest absolute Gasteiger partial charge is 0.493 e. The number of hydrogen-bond donors (Lipinski definition) is 1. The summed E-state index contributed by atoms with van der Waals surface area (Å²) in [6.07, 6.45) is 1.54. The van der Waals surface area contributed by atoms with Crippen molar-refractivity contribution in [1.82, 2.24) is 4.98 Å². The molecule has 0 bridgehead atoms. The Labute approximate surface area is 182 Å². The van der Waals surface area contributed by atoms with E-state index in [-0.39, 0.29) is 6.61 Å². The number of aromatic nitrogens is 1. The summed E-state index contributed by atoms with van der Waals surface area (Å²) in [5, 5.41) is 13.7. The van der Waals surface area contributed by atoms with Crippen LogP contribution in [0.25, 0.3) is 0 Å². The Morgan fingerprint density at radius 1 is 1.30 bits per heavy atom. The van der Waals surface area contributed by atoms with Gasteiger partial charge in [0, 0.05) is 28.4 Å². The van der Waals surface area contributed by atoms with Crippen LogP contribution < -0.4 is 14.9 Å². The molecule has 0 aliphatic heterocycles. The first-order valence-corrected chi connectivity index (χ1v) is 9.48.